The standard InChI is InChI=1S/C15H26N2O3/c1-4-12-14(19)17(10-13(18)16-12)11-7-8-20-15(5-2,6-3)9-11/h11-12H,4-10H2,1-3H3,(H,16,18). The van der Waals surface area contributed by atoms with Crippen molar-refractivity contribution in [3.8, 4) is 0 Å². The van der Waals surface area contributed by atoms with E-state index in [-0.39, 0.29) is 36.0 Å². The summed E-state index contributed by atoms with van der Waals surface area (Å²) in [4.78, 5) is 26.0. The number of piperazine rings is 1. The molecule has 20 heavy (non-hydrogen) atoms. The number of ether oxygens (including phenoxy) is 1. The monoisotopic (exact) mass is 282 g/mol. The van der Waals surface area contributed by atoms with Crippen molar-refractivity contribution < 1.29 is 14.3 Å². The minimum atomic E-state index is -0.350. The summed E-state index contributed by atoms with van der Waals surface area (Å²) in [6, 6.07) is -0.215. The fourth-order valence-corrected chi connectivity index (χ4v) is 3.33. The smallest absolute Gasteiger partial charge is 0.245 e. The van der Waals surface area contributed by atoms with Crippen molar-refractivity contribution >= 4 is 11.8 Å². The van der Waals surface area contributed by atoms with Gasteiger partial charge in [-0.3, -0.25) is 9.59 Å². The number of carbonyl (C=O) groups is 2. The van der Waals surface area contributed by atoms with Crippen LogP contribution in [0.1, 0.15) is 52.9 Å². The van der Waals surface area contributed by atoms with Gasteiger partial charge in [0, 0.05) is 12.6 Å². The molecule has 0 spiro atoms. The number of rotatable bonds is 4. The average Bonchev–Trinajstić information content (AvgIpc) is 2.49. The Morgan fingerprint density at radius 2 is 2.00 bits per heavy atom. The van der Waals surface area contributed by atoms with Gasteiger partial charge in [-0.2, -0.15) is 0 Å². The highest BCUT2D eigenvalue weighted by molar-refractivity contribution is 5.95. The summed E-state index contributed by atoms with van der Waals surface area (Å²) in [7, 11) is 0. The van der Waals surface area contributed by atoms with Gasteiger partial charge in [-0.1, -0.05) is 20.8 Å². The van der Waals surface area contributed by atoms with E-state index in [2.05, 4.69) is 19.2 Å². The lowest BCUT2D eigenvalue weighted by Crippen LogP contribution is -2.62. The predicted octanol–water partition coefficient (Wildman–Crippen LogP) is 1.46. The Morgan fingerprint density at radius 3 is 2.60 bits per heavy atom. The van der Waals surface area contributed by atoms with Crippen LogP contribution in [0.25, 0.3) is 0 Å². The van der Waals surface area contributed by atoms with E-state index in [4.69, 9.17) is 4.74 Å². The zero-order valence-corrected chi connectivity index (χ0v) is 12.8. The molecule has 0 aromatic carbocycles. The first kappa shape index (κ1) is 15.3. The van der Waals surface area contributed by atoms with E-state index in [0.29, 0.717) is 13.0 Å². The number of nitrogens with zero attached hydrogens (tertiary/aromatic N) is 1. The maximum atomic E-state index is 12.5. The molecule has 0 aromatic heterocycles. The summed E-state index contributed by atoms with van der Waals surface area (Å²) in [5.41, 5.74) is -0.126. The van der Waals surface area contributed by atoms with Crippen LogP contribution in [0.3, 0.4) is 0 Å². The summed E-state index contributed by atoms with van der Waals surface area (Å²) in [5.74, 6) is 0.0293. The zero-order chi connectivity index (χ0) is 14.8. The van der Waals surface area contributed by atoms with Crippen molar-refractivity contribution in [3.05, 3.63) is 0 Å². The lowest BCUT2D eigenvalue weighted by molar-refractivity contribution is -0.155. The maximum absolute atomic E-state index is 12.5. The molecule has 0 aliphatic carbocycles. The van der Waals surface area contributed by atoms with E-state index in [0.717, 1.165) is 25.7 Å². The predicted molar refractivity (Wildman–Crippen MR) is 76.2 cm³/mol. The number of nitrogens with one attached hydrogen (secondary N) is 1. The largest absolute Gasteiger partial charge is 0.375 e. The number of amides is 2. The molecule has 0 bridgehead atoms. The Hall–Kier alpha value is -1.10. The second-order valence-corrected chi connectivity index (χ2v) is 5.88. The lowest BCUT2D eigenvalue weighted by atomic mass is 9.84. The van der Waals surface area contributed by atoms with Crippen LogP contribution < -0.4 is 5.32 Å². The fourth-order valence-electron chi connectivity index (χ4n) is 3.33. The lowest BCUT2D eigenvalue weighted by Gasteiger charge is -2.46. The molecule has 1 N–H and O–H groups in total. The van der Waals surface area contributed by atoms with Crippen LogP contribution in [0.5, 0.6) is 0 Å². The van der Waals surface area contributed by atoms with Crippen LogP contribution in [0.2, 0.25) is 0 Å². The van der Waals surface area contributed by atoms with Gasteiger partial charge in [0.1, 0.15) is 6.04 Å². The highest BCUT2D eigenvalue weighted by atomic mass is 16.5. The van der Waals surface area contributed by atoms with E-state index in [1.54, 1.807) is 4.90 Å². The number of hydrogen-bond acceptors (Lipinski definition) is 3. The first-order valence-corrected chi connectivity index (χ1v) is 7.79. The highest BCUT2D eigenvalue weighted by Crippen LogP contribution is 2.34. The third-order valence-corrected chi connectivity index (χ3v) is 4.83. The molecule has 2 unspecified atom stereocenters. The minimum absolute atomic E-state index is 0.0402. The minimum Gasteiger partial charge on any atom is -0.375 e. The Kier molecular flexibility index (Phi) is 4.68. The van der Waals surface area contributed by atoms with E-state index in [1.165, 1.54) is 0 Å². The van der Waals surface area contributed by atoms with Gasteiger partial charge in [-0.15, -0.1) is 0 Å². The van der Waals surface area contributed by atoms with Crippen LogP contribution >= 0.6 is 0 Å². The third kappa shape index (κ3) is 2.82. The molecule has 0 saturated carbocycles. The Bertz CT molecular complexity index is 379. The maximum Gasteiger partial charge on any atom is 0.245 e. The van der Waals surface area contributed by atoms with Crippen LogP contribution in [-0.4, -0.2) is 47.6 Å². The van der Waals surface area contributed by atoms with Crippen LogP contribution in [0.15, 0.2) is 0 Å². The molecule has 5 nitrogen and oxygen atoms in total. The molecule has 2 rings (SSSR count). The van der Waals surface area contributed by atoms with Gasteiger partial charge in [-0.25, -0.2) is 0 Å². The molecule has 2 heterocycles. The molecular weight excluding hydrogens is 256 g/mol. The van der Waals surface area contributed by atoms with Crippen molar-refractivity contribution in [1.82, 2.24) is 10.2 Å². The molecule has 2 amide bonds. The van der Waals surface area contributed by atoms with Crippen molar-refractivity contribution in [3.63, 3.8) is 0 Å². The second-order valence-electron chi connectivity index (χ2n) is 5.88. The van der Waals surface area contributed by atoms with Gasteiger partial charge in [0.2, 0.25) is 11.8 Å². The van der Waals surface area contributed by atoms with Crippen molar-refractivity contribution in [1.29, 1.82) is 0 Å². The van der Waals surface area contributed by atoms with Crippen molar-refractivity contribution in [2.45, 2.75) is 70.6 Å². The van der Waals surface area contributed by atoms with Gasteiger partial charge in [0.05, 0.1) is 12.1 Å². The Morgan fingerprint density at radius 1 is 1.30 bits per heavy atom. The first-order valence-electron chi connectivity index (χ1n) is 7.79. The molecule has 2 atom stereocenters. The van der Waals surface area contributed by atoms with Crippen molar-refractivity contribution in [2.75, 3.05) is 13.2 Å². The molecule has 0 aromatic rings. The molecule has 2 fully saturated rings. The average molecular weight is 282 g/mol. The van der Waals surface area contributed by atoms with Crippen LogP contribution in [0, 0.1) is 0 Å². The van der Waals surface area contributed by atoms with E-state index in [1.807, 2.05) is 6.92 Å². The Balaban J connectivity index is 2.13. The van der Waals surface area contributed by atoms with Crippen molar-refractivity contribution in [2.24, 2.45) is 0 Å². The third-order valence-electron chi connectivity index (χ3n) is 4.83. The number of hydrogen-bond donors (Lipinski definition) is 1. The topological polar surface area (TPSA) is 58.6 Å². The zero-order valence-electron chi connectivity index (χ0n) is 12.8. The second kappa shape index (κ2) is 6.12. The van der Waals surface area contributed by atoms with Crippen LogP contribution in [-0.2, 0) is 14.3 Å². The molecular formula is C15H26N2O3. The van der Waals surface area contributed by atoms with E-state index >= 15 is 0 Å². The van der Waals surface area contributed by atoms with E-state index < -0.39 is 0 Å². The first-order chi connectivity index (χ1) is 9.55. The van der Waals surface area contributed by atoms with Gasteiger partial charge in [-0.05, 0) is 32.1 Å². The van der Waals surface area contributed by atoms with Gasteiger partial charge < -0.3 is 15.0 Å². The molecule has 2 aliphatic rings. The molecule has 2 saturated heterocycles. The van der Waals surface area contributed by atoms with Gasteiger partial charge in [0.25, 0.3) is 0 Å². The molecule has 2 aliphatic heterocycles. The fraction of sp³-hybridized carbons (Fsp3) is 0.867. The Labute approximate surface area is 121 Å². The quantitative estimate of drug-likeness (QED) is 0.849. The summed E-state index contributed by atoms with van der Waals surface area (Å²) < 4.78 is 5.96. The number of carbonyl (C=O) groups excluding carboxylic acids is 2. The summed E-state index contributed by atoms with van der Waals surface area (Å²) >= 11 is 0. The molecule has 0 radical (unpaired) electrons. The van der Waals surface area contributed by atoms with Crippen LogP contribution in [0.4, 0.5) is 0 Å². The summed E-state index contributed by atoms with van der Waals surface area (Å²) in [6.45, 7) is 7.06. The highest BCUT2D eigenvalue weighted by Gasteiger charge is 2.41. The SMILES string of the molecule is CCC1NC(=O)CN(C2CCOC(CC)(CC)C2)C1=O. The summed E-state index contributed by atoms with van der Waals surface area (Å²) in [5, 5.41) is 2.77. The van der Waals surface area contributed by atoms with E-state index in [9.17, 15) is 9.59 Å². The summed E-state index contributed by atoms with van der Waals surface area (Å²) in [6.07, 6.45) is 4.22. The normalized spacial score (nSPS) is 30.2. The van der Waals surface area contributed by atoms with Gasteiger partial charge in [0.15, 0.2) is 0 Å². The molecule has 5 heteroatoms. The molecule has 114 valence electrons. The van der Waals surface area contributed by atoms with Gasteiger partial charge >= 0.3 is 0 Å².